The summed E-state index contributed by atoms with van der Waals surface area (Å²) in [4.78, 5) is 19.3. The van der Waals surface area contributed by atoms with Crippen molar-refractivity contribution < 1.29 is 9.53 Å². The minimum absolute atomic E-state index is 0.127. The normalized spacial score (nSPS) is 14.6. The molecule has 0 bridgehead atoms. The summed E-state index contributed by atoms with van der Waals surface area (Å²) in [6.07, 6.45) is 7.44. The van der Waals surface area contributed by atoms with E-state index < -0.39 is 0 Å². The molecule has 2 aromatic carbocycles. The zero-order valence-corrected chi connectivity index (χ0v) is 19.4. The fourth-order valence-electron chi connectivity index (χ4n) is 3.81. The SMILES string of the molecule is CC1CCCCC1.COC(=O)c1ccc2nc(Nc3ccc(C(C)(C)C)cc3)[nH]c2c1. The third-order valence-corrected chi connectivity index (χ3v) is 5.81. The van der Waals surface area contributed by atoms with Gasteiger partial charge in [0.05, 0.1) is 23.7 Å². The molecule has 3 aromatic rings. The van der Waals surface area contributed by atoms with Gasteiger partial charge >= 0.3 is 5.97 Å². The fourth-order valence-corrected chi connectivity index (χ4v) is 3.81. The van der Waals surface area contributed by atoms with Crippen molar-refractivity contribution in [1.82, 2.24) is 9.97 Å². The van der Waals surface area contributed by atoms with Gasteiger partial charge in [0.25, 0.3) is 0 Å². The van der Waals surface area contributed by atoms with E-state index in [4.69, 9.17) is 4.74 Å². The number of imidazole rings is 1. The molecule has 0 aliphatic heterocycles. The van der Waals surface area contributed by atoms with Crippen LogP contribution in [0.25, 0.3) is 11.0 Å². The number of H-pyrrole nitrogens is 1. The number of hydrogen-bond donors (Lipinski definition) is 2. The van der Waals surface area contributed by atoms with Gasteiger partial charge in [-0.3, -0.25) is 0 Å². The van der Waals surface area contributed by atoms with Crippen LogP contribution in [0, 0.1) is 5.92 Å². The molecule has 0 amide bonds. The number of aromatic nitrogens is 2. The van der Waals surface area contributed by atoms with Crippen molar-refractivity contribution in [2.24, 2.45) is 5.92 Å². The number of carbonyl (C=O) groups is 1. The predicted molar refractivity (Wildman–Crippen MR) is 128 cm³/mol. The maximum atomic E-state index is 11.6. The van der Waals surface area contributed by atoms with Gasteiger partial charge in [-0.15, -0.1) is 0 Å². The first-order valence-corrected chi connectivity index (χ1v) is 11.2. The van der Waals surface area contributed by atoms with Gasteiger partial charge in [-0.25, -0.2) is 9.78 Å². The first kappa shape index (κ1) is 22.9. The molecule has 0 unspecified atom stereocenters. The van der Waals surface area contributed by atoms with Crippen LogP contribution >= 0.6 is 0 Å². The molecule has 0 atom stereocenters. The smallest absolute Gasteiger partial charge is 0.337 e. The maximum Gasteiger partial charge on any atom is 0.337 e. The monoisotopic (exact) mass is 421 g/mol. The Balaban J connectivity index is 0.000000330. The van der Waals surface area contributed by atoms with E-state index in [1.165, 1.54) is 44.8 Å². The first-order chi connectivity index (χ1) is 14.8. The molecule has 4 rings (SSSR count). The Morgan fingerprint density at radius 2 is 1.74 bits per heavy atom. The number of benzene rings is 2. The van der Waals surface area contributed by atoms with Crippen LogP contribution in [0.15, 0.2) is 42.5 Å². The highest BCUT2D eigenvalue weighted by atomic mass is 16.5. The molecular weight excluding hydrogens is 386 g/mol. The third kappa shape index (κ3) is 6.33. The standard InChI is InChI=1S/C19H21N3O2.C7H14/c1-19(2,3)13-6-8-14(9-7-13)20-18-21-15-10-5-12(17(23)24-4)11-16(15)22-18;1-7-5-3-2-4-6-7/h5-11H,1-4H3,(H2,20,21,22);7H,2-6H2,1H3. The molecule has 0 spiro atoms. The largest absolute Gasteiger partial charge is 0.465 e. The highest BCUT2D eigenvalue weighted by molar-refractivity contribution is 5.94. The highest BCUT2D eigenvalue weighted by Crippen LogP contribution is 2.25. The van der Waals surface area contributed by atoms with Crippen LogP contribution in [0.1, 0.15) is 75.7 Å². The van der Waals surface area contributed by atoms with Crippen LogP contribution in [-0.2, 0) is 10.2 Å². The van der Waals surface area contributed by atoms with Crippen LogP contribution < -0.4 is 5.32 Å². The number of nitrogens with one attached hydrogen (secondary N) is 2. The second-order valence-electron chi connectivity index (χ2n) is 9.50. The molecule has 1 aliphatic carbocycles. The Labute approximate surface area is 185 Å². The van der Waals surface area contributed by atoms with E-state index in [1.54, 1.807) is 18.2 Å². The molecule has 0 saturated heterocycles. The van der Waals surface area contributed by atoms with Crippen molar-refractivity contribution in [2.75, 3.05) is 12.4 Å². The number of aromatic amines is 1. The predicted octanol–water partition coefficient (Wildman–Crippen LogP) is 6.98. The molecular formula is C26H35N3O2. The first-order valence-electron chi connectivity index (χ1n) is 11.2. The topological polar surface area (TPSA) is 67.0 Å². The van der Waals surface area contributed by atoms with Crippen molar-refractivity contribution in [2.45, 2.75) is 65.2 Å². The summed E-state index contributed by atoms with van der Waals surface area (Å²) in [5.74, 6) is 1.31. The lowest BCUT2D eigenvalue weighted by atomic mass is 9.87. The molecule has 1 fully saturated rings. The number of anilines is 2. The van der Waals surface area contributed by atoms with Gasteiger partial charge in [0, 0.05) is 5.69 Å². The maximum absolute atomic E-state index is 11.6. The number of carbonyl (C=O) groups excluding carboxylic acids is 1. The van der Waals surface area contributed by atoms with Crippen LogP contribution in [0.4, 0.5) is 11.6 Å². The van der Waals surface area contributed by atoms with Gasteiger partial charge in [0.2, 0.25) is 5.95 Å². The van der Waals surface area contributed by atoms with E-state index in [1.807, 2.05) is 12.1 Å². The minimum Gasteiger partial charge on any atom is -0.465 e. The molecule has 1 aliphatic rings. The van der Waals surface area contributed by atoms with E-state index >= 15 is 0 Å². The van der Waals surface area contributed by atoms with Gasteiger partial charge in [-0.05, 0) is 47.2 Å². The van der Waals surface area contributed by atoms with E-state index in [2.05, 4.69) is 55.1 Å². The molecule has 166 valence electrons. The lowest BCUT2D eigenvalue weighted by Crippen LogP contribution is -2.10. The molecule has 1 saturated carbocycles. The van der Waals surface area contributed by atoms with Crippen molar-refractivity contribution in [3.63, 3.8) is 0 Å². The number of ether oxygens (including phenoxy) is 1. The quantitative estimate of drug-likeness (QED) is 0.448. The summed E-state index contributed by atoms with van der Waals surface area (Å²) in [5, 5.41) is 3.25. The Kier molecular flexibility index (Phi) is 7.37. The van der Waals surface area contributed by atoms with Gasteiger partial charge in [-0.1, -0.05) is 71.9 Å². The number of nitrogens with zero attached hydrogens (tertiary/aromatic N) is 1. The van der Waals surface area contributed by atoms with Crippen molar-refractivity contribution in [1.29, 1.82) is 0 Å². The lowest BCUT2D eigenvalue weighted by molar-refractivity contribution is 0.0601. The summed E-state index contributed by atoms with van der Waals surface area (Å²) in [5.41, 5.74) is 4.43. The Hall–Kier alpha value is -2.82. The molecule has 31 heavy (non-hydrogen) atoms. The Morgan fingerprint density at radius 3 is 2.29 bits per heavy atom. The Morgan fingerprint density at radius 1 is 1.06 bits per heavy atom. The molecule has 1 heterocycles. The summed E-state index contributed by atoms with van der Waals surface area (Å²) in [7, 11) is 1.37. The average Bonchev–Trinajstić information content (AvgIpc) is 3.15. The number of rotatable bonds is 3. The lowest BCUT2D eigenvalue weighted by Gasteiger charge is -2.19. The number of methoxy groups -OCH3 is 1. The number of hydrogen-bond acceptors (Lipinski definition) is 4. The zero-order chi connectivity index (χ0) is 22.4. The summed E-state index contributed by atoms with van der Waals surface area (Å²) in [6, 6.07) is 13.5. The summed E-state index contributed by atoms with van der Waals surface area (Å²) in [6.45, 7) is 8.92. The molecule has 1 aromatic heterocycles. The fraction of sp³-hybridized carbons (Fsp3) is 0.462. The van der Waals surface area contributed by atoms with Crippen LogP contribution in [0.3, 0.4) is 0 Å². The highest BCUT2D eigenvalue weighted by Gasteiger charge is 2.13. The second kappa shape index (κ2) is 9.99. The molecule has 5 heteroatoms. The van der Waals surface area contributed by atoms with E-state index in [9.17, 15) is 4.79 Å². The van der Waals surface area contributed by atoms with Crippen LogP contribution in [0.2, 0.25) is 0 Å². The van der Waals surface area contributed by atoms with Gasteiger partial charge in [0.15, 0.2) is 0 Å². The summed E-state index contributed by atoms with van der Waals surface area (Å²) >= 11 is 0. The van der Waals surface area contributed by atoms with Gasteiger partial charge < -0.3 is 15.0 Å². The molecule has 5 nitrogen and oxygen atoms in total. The van der Waals surface area contributed by atoms with Gasteiger partial charge in [-0.2, -0.15) is 0 Å². The minimum atomic E-state index is -0.362. The van der Waals surface area contributed by atoms with Crippen molar-refractivity contribution in [3.05, 3.63) is 53.6 Å². The molecule has 2 N–H and O–H groups in total. The second-order valence-corrected chi connectivity index (χ2v) is 9.50. The Bertz CT molecular complexity index is 994. The summed E-state index contributed by atoms with van der Waals surface area (Å²) < 4.78 is 4.74. The van der Waals surface area contributed by atoms with E-state index in [0.29, 0.717) is 11.5 Å². The number of fused-ring (bicyclic) bond motifs is 1. The van der Waals surface area contributed by atoms with Crippen LogP contribution in [-0.4, -0.2) is 23.0 Å². The zero-order valence-electron chi connectivity index (χ0n) is 19.4. The van der Waals surface area contributed by atoms with Crippen molar-refractivity contribution in [3.8, 4) is 0 Å². The van der Waals surface area contributed by atoms with E-state index in [0.717, 1.165) is 22.6 Å². The molecule has 0 radical (unpaired) electrons. The average molecular weight is 422 g/mol. The van der Waals surface area contributed by atoms with Crippen LogP contribution in [0.5, 0.6) is 0 Å². The number of esters is 1. The van der Waals surface area contributed by atoms with Crippen molar-refractivity contribution >= 4 is 28.6 Å². The third-order valence-electron chi connectivity index (χ3n) is 5.81. The van der Waals surface area contributed by atoms with E-state index in [-0.39, 0.29) is 11.4 Å². The van der Waals surface area contributed by atoms with Gasteiger partial charge in [0.1, 0.15) is 0 Å².